The van der Waals surface area contributed by atoms with Crippen LogP contribution in [0.15, 0.2) is 85.1 Å². The van der Waals surface area contributed by atoms with Crippen molar-refractivity contribution in [3.63, 3.8) is 0 Å². The van der Waals surface area contributed by atoms with Gasteiger partial charge in [-0.15, -0.1) is 0 Å². The van der Waals surface area contributed by atoms with E-state index in [1.165, 1.54) is 89.9 Å². The van der Waals surface area contributed by atoms with Gasteiger partial charge in [-0.1, -0.05) is 189 Å². The molecule has 0 aromatic carbocycles. The summed E-state index contributed by atoms with van der Waals surface area (Å²) in [6, 6.07) is 0. The number of ether oxygens (including phenoxy) is 2. The average Bonchev–Trinajstić information content (AvgIpc) is 3.35. The fourth-order valence-electron chi connectivity index (χ4n) is 7.86. The summed E-state index contributed by atoms with van der Waals surface area (Å²) in [7, 11) is -5.15. The lowest BCUT2D eigenvalue weighted by molar-refractivity contribution is -0.220. The molecule has 0 aliphatic heterocycles. The summed E-state index contributed by atoms with van der Waals surface area (Å²) in [5, 5.41) is 50.3. The summed E-state index contributed by atoms with van der Waals surface area (Å²) in [6.45, 7) is 3.15. The van der Waals surface area contributed by atoms with E-state index < -0.39 is 75.7 Å². The summed E-state index contributed by atoms with van der Waals surface area (Å²) < 4.78 is 33.6. The van der Waals surface area contributed by atoms with Gasteiger partial charge < -0.3 is 39.9 Å². The van der Waals surface area contributed by atoms with E-state index in [2.05, 4.69) is 92.8 Å². The standard InChI is InChI=1S/C57H97O13P/c1-3-5-7-9-11-13-15-17-19-21-23-24-25-26-28-30-32-34-36-38-40-42-44-46-51(59)69-49(48-68-71(65,66)70-57-55(63)53(61)52(60)54(62)56(57)64)47-67-50(58)45-43-41-39-37-35-33-31-29-27-22-20-18-16-14-12-10-8-6-4-2/h6,8,12,14,18,20,27,29-30,32-33,35,38,40,49,52-57,60-64H,3-5,7,9-11,13,15-17,19,21-26,28,31,34,36-37,39,41-48H2,1-2H3,(H,65,66)/b8-6+,14-12+,20-18+,29-27+,32-30+,35-33+,40-38+/t49-,52?,53-,54?,55?,56?,57?/m1/s1. The molecule has 1 aliphatic rings. The van der Waals surface area contributed by atoms with Crippen molar-refractivity contribution in [2.45, 2.75) is 249 Å². The molecule has 8 atom stereocenters. The monoisotopic (exact) mass is 1020 g/mol. The van der Waals surface area contributed by atoms with E-state index in [4.69, 9.17) is 18.5 Å². The highest BCUT2D eigenvalue weighted by Crippen LogP contribution is 2.47. The number of unbranched alkanes of at least 4 members (excludes halogenated alkanes) is 19. The van der Waals surface area contributed by atoms with E-state index in [9.17, 15) is 44.6 Å². The van der Waals surface area contributed by atoms with Gasteiger partial charge in [0.25, 0.3) is 0 Å². The molecule has 1 aliphatic carbocycles. The van der Waals surface area contributed by atoms with E-state index in [1.807, 2.05) is 6.08 Å². The van der Waals surface area contributed by atoms with Crippen LogP contribution in [0, 0.1) is 0 Å². The van der Waals surface area contributed by atoms with Gasteiger partial charge in [-0.2, -0.15) is 0 Å². The molecule has 0 spiro atoms. The second kappa shape index (κ2) is 45.6. The third-order valence-corrected chi connectivity index (χ3v) is 13.2. The molecule has 1 fully saturated rings. The van der Waals surface area contributed by atoms with Gasteiger partial charge in [0.05, 0.1) is 6.61 Å². The van der Waals surface area contributed by atoms with Crippen LogP contribution >= 0.6 is 7.82 Å². The normalized spacial score (nSPS) is 21.3. The molecule has 0 aromatic rings. The van der Waals surface area contributed by atoms with Crippen LogP contribution in [0.2, 0.25) is 0 Å². The largest absolute Gasteiger partial charge is 0.472 e. The van der Waals surface area contributed by atoms with Crippen LogP contribution in [0.25, 0.3) is 0 Å². The Morgan fingerprint density at radius 1 is 0.451 bits per heavy atom. The van der Waals surface area contributed by atoms with Gasteiger partial charge in [0.2, 0.25) is 0 Å². The molecular weight excluding hydrogens is 924 g/mol. The SMILES string of the molecule is CC/C=C/C/C=C/C/C=C/C/C=C/C/C=C/CCCCCC(=O)OC[C@H](COP(=O)(O)OC1C(O)C(O)C(O)[C@@H](O)C1O)OC(=O)CCC/C=C/CC/C=C/CCCCCCCCCCCCCCCC. The van der Waals surface area contributed by atoms with Crippen molar-refractivity contribution in [3.05, 3.63) is 85.1 Å². The molecule has 13 nitrogen and oxygen atoms in total. The van der Waals surface area contributed by atoms with Crippen molar-refractivity contribution in [2.75, 3.05) is 13.2 Å². The molecule has 0 heterocycles. The van der Waals surface area contributed by atoms with Gasteiger partial charge >= 0.3 is 19.8 Å². The third kappa shape index (κ3) is 37.4. The zero-order chi connectivity index (χ0) is 52.1. The summed E-state index contributed by atoms with van der Waals surface area (Å²) in [5.41, 5.74) is 0. The summed E-state index contributed by atoms with van der Waals surface area (Å²) >= 11 is 0. The lowest BCUT2D eigenvalue weighted by Crippen LogP contribution is -2.64. The zero-order valence-corrected chi connectivity index (χ0v) is 44.6. The lowest BCUT2D eigenvalue weighted by Gasteiger charge is -2.41. The number of aliphatic hydroxyl groups is 5. The number of phosphoric ester groups is 1. The maximum absolute atomic E-state index is 12.9. The van der Waals surface area contributed by atoms with E-state index in [-0.39, 0.29) is 12.8 Å². The molecule has 408 valence electrons. The minimum Gasteiger partial charge on any atom is -0.462 e. The molecule has 14 heteroatoms. The molecule has 0 saturated heterocycles. The summed E-state index contributed by atoms with van der Waals surface area (Å²) in [6.07, 6.45) is 47.9. The Hall–Kier alpha value is -2.97. The molecule has 6 N–H and O–H groups in total. The molecule has 71 heavy (non-hydrogen) atoms. The summed E-state index contributed by atoms with van der Waals surface area (Å²) in [4.78, 5) is 35.9. The lowest BCUT2D eigenvalue weighted by atomic mass is 9.85. The topological polar surface area (TPSA) is 210 Å². The number of hydrogen-bond donors (Lipinski definition) is 6. The number of carbonyl (C=O) groups is 2. The van der Waals surface area contributed by atoms with Crippen LogP contribution in [-0.2, 0) is 32.7 Å². The first-order chi connectivity index (χ1) is 34.4. The number of carbonyl (C=O) groups excluding carboxylic acids is 2. The first kappa shape index (κ1) is 66.0. The molecule has 6 unspecified atom stereocenters. The predicted octanol–water partition coefficient (Wildman–Crippen LogP) is 12.4. The van der Waals surface area contributed by atoms with Crippen molar-refractivity contribution >= 4 is 19.8 Å². The highest BCUT2D eigenvalue weighted by molar-refractivity contribution is 7.47. The predicted molar refractivity (Wildman–Crippen MR) is 285 cm³/mol. The van der Waals surface area contributed by atoms with Crippen LogP contribution in [0.1, 0.15) is 206 Å². The van der Waals surface area contributed by atoms with Crippen molar-refractivity contribution in [1.82, 2.24) is 0 Å². The molecule has 0 radical (unpaired) electrons. The Morgan fingerprint density at radius 3 is 1.32 bits per heavy atom. The molecule has 0 amide bonds. The number of esters is 2. The Bertz CT molecular complexity index is 1560. The fraction of sp³-hybridized carbons (Fsp3) is 0.719. The van der Waals surface area contributed by atoms with Gasteiger partial charge in [0, 0.05) is 12.8 Å². The second-order valence-electron chi connectivity index (χ2n) is 18.7. The van der Waals surface area contributed by atoms with Gasteiger partial charge in [-0.25, -0.2) is 4.57 Å². The molecule has 1 rings (SSSR count). The van der Waals surface area contributed by atoms with Gasteiger partial charge in [0.1, 0.15) is 43.2 Å². The van der Waals surface area contributed by atoms with Crippen LogP contribution in [-0.4, -0.2) is 98.3 Å². The minimum absolute atomic E-state index is 0.0254. The Balaban J connectivity index is 2.42. The zero-order valence-electron chi connectivity index (χ0n) is 43.7. The van der Waals surface area contributed by atoms with Crippen molar-refractivity contribution in [1.29, 1.82) is 0 Å². The Kier molecular flexibility index (Phi) is 42.4. The van der Waals surface area contributed by atoms with Gasteiger partial charge in [-0.05, 0) is 89.9 Å². The molecular formula is C57H97O13P. The van der Waals surface area contributed by atoms with Crippen LogP contribution in [0.5, 0.6) is 0 Å². The van der Waals surface area contributed by atoms with E-state index in [1.54, 1.807) is 0 Å². The number of hydrogen-bond acceptors (Lipinski definition) is 12. The number of aliphatic hydroxyl groups excluding tert-OH is 5. The van der Waals surface area contributed by atoms with Crippen molar-refractivity contribution < 1.29 is 63.1 Å². The minimum atomic E-state index is -5.15. The van der Waals surface area contributed by atoms with Crippen molar-refractivity contribution in [2.24, 2.45) is 0 Å². The van der Waals surface area contributed by atoms with Crippen LogP contribution < -0.4 is 0 Å². The maximum atomic E-state index is 12.9. The second-order valence-corrected chi connectivity index (χ2v) is 20.1. The van der Waals surface area contributed by atoms with Crippen LogP contribution in [0.4, 0.5) is 0 Å². The average molecular weight is 1020 g/mol. The number of rotatable bonds is 45. The van der Waals surface area contributed by atoms with E-state index >= 15 is 0 Å². The highest BCUT2D eigenvalue weighted by Gasteiger charge is 2.51. The van der Waals surface area contributed by atoms with E-state index in [0.29, 0.717) is 19.3 Å². The first-order valence-electron chi connectivity index (χ1n) is 27.4. The quantitative estimate of drug-likeness (QED) is 0.0145. The van der Waals surface area contributed by atoms with Crippen LogP contribution in [0.3, 0.4) is 0 Å². The Labute approximate surface area is 428 Å². The fourth-order valence-corrected chi connectivity index (χ4v) is 8.84. The first-order valence-corrected chi connectivity index (χ1v) is 28.9. The van der Waals surface area contributed by atoms with E-state index in [0.717, 1.165) is 70.6 Å². The number of phosphoric acid groups is 1. The van der Waals surface area contributed by atoms with Gasteiger partial charge in [0.15, 0.2) is 6.10 Å². The van der Waals surface area contributed by atoms with Gasteiger partial charge in [-0.3, -0.25) is 18.6 Å². The smallest absolute Gasteiger partial charge is 0.462 e. The summed E-state index contributed by atoms with van der Waals surface area (Å²) in [5.74, 6) is -1.19. The number of allylic oxidation sites excluding steroid dienone is 14. The van der Waals surface area contributed by atoms with Crippen molar-refractivity contribution in [3.8, 4) is 0 Å². The molecule has 1 saturated carbocycles. The maximum Gasteiger partial charge on any atom is 0.472 e. The highest BCUT2D eigenvalue weighted by atomic mass is 31.2. The molecule has 0 bridgehead atoms. The Morgan fingerprint density at radius 2 is 0.831 bits per heavy atom. The molecule has 0 aromatic heterocycles. The third-order valence-electron chi connectivity index (χ3n) is 12.2.